The van der Waals surface area contributed by atoms with Crippen molar-refractivity contribution < 1.29 is 0 Å². The minimum atomic E-state index is 0.316. The molecule has 24 heavy (non-hydrogen) atoms. The van der Waals surface area contributed by atoms with E-state index in [2.05, 4.69) is 70.1 Å². The Morgan fingerprint density at radius 3 is 2.71 bits per heavy atom. The molecule has 4 rings (SSSR count). The Morgan fingerprint density at radius 2 is 1.88 bits per heavy atom. The number of hydrogen-bond donors (Lipinski definition) is 2. The summed E-state index contributed by atoms with van der Waals surface area (Å²) in [6.45, 7) is 0.804. The fourth-order valence-electron chi connectivity index (χ4n) is 3.89. The third-order valence-electron chi connectivity index (χ3n) is 5.05. The Labute approximate surface area is 143 Å². The molecule has 3 aromatic rings. The van der Waals surface area contributed by atoms with E-state index in [9.17, 15) is 0 Å². The first-order valence-corrected chi connectivity index (χ1v) is 8.76. The molecule has 0 spiro atoms. The summed E-state index contributed by atoms with van der Waals surface area (Å²) in [4.78, 5) is 0. The molecule has 2 aromatic carbocycles. The lowest BCUT2D eigenvalue weighted by atomic mass is 9.76. The Kier molecular flexibility index (Phi) is 4.43. The third-order valence-corrected chi connectivity index (χ3v) is 5.05. The van der Waals surface area contributed by atoms with Crippen LogP contribution in [-0.4, -0.2) is 10.2 Å². The van der Waals surface area contributed by atoms with Gasteiger partial charge in [-0.25, -0.2) is 0 Å². The van der Waals surface area contributed by atoms with Crippen LogP contribution in [0.2, 0.25) is 0 Å². The highest BCUT2D eigenvalue weighted by Crippen LogP contribution is 2.40. The maximum atomic E-state index is 4.06. The molecular formula is C21H23N3. The normalized spacial score (nSPS) is 18.1. The molecule has 0 amide bonds. The lowest BCUT2D eigenvalue weighted by Crippen LogP contribution is -2.29. The number of nitrogens with one attached hydrogen (secondary N) is 2. The molecule has 0 aliphatic heterocycles. The Morgan fingerprint density at radius 1 is 1.04 bits per heavy atom. The molecule has 0 radical (unpaired) electrons. The molecule has 2 N–H and O–H groups in total. The number of H-pyrrole nitrogens is 1. The van der Waals surface area contributed by atoms with E-state index in [1.165, 1.54) is 36.0 Å². The Hall–Kier alpha value is -2.39. The molecule has 0 fully saturated rings. The van der Waals surface area contributed by atoms with Crippen LogP contribution in [0.1, 0.15) is 47.2 Å². The number of benzene rings is 2. The second-order valence-corrected chi connectivity index (χ2v) is 6.55. The number of aryl methyl sites for hydroxylation is 1. The monoisotopic (exact) mass is 317 g/mol. The summed E-state index contributed by atoms with van der Waals surface area (Å²) >= 11 is 0. The van der Waals surface area contributed by atoms with Crippen LogP contribution in [0.15, 0.2) is 66.9 Å². The Balaban J connectivity index is 1.65. The molecule has 1 heterocycles. The minimum absolute atomic E-state index is 0.316. The topological polar surface area (TPSA) is 40.7 Å². The van der Waals surface area contributed by atoms with Gasteiger partial charge in [-0.15, -0.1) is 0 Å². The number of nitrogens with zero attached hydrogens (tertiary/aromatic N) is 1. The maximum absolute atomic E-state index is 4.06. The lowest BCUT2D eigenvalue weighted by molar-refractivity contribution is 0.398. The summed E-state index contributed by atoms with van der Waals surface area (Å²) in [5, 5.41) is 10.9. The summed E-state index contributed by atoms with van der Waals surface area (Å²) < 4.78 is 0. The van der Waals surface area contributed by atoms with E-state index in [-0.39, 0.29) is 0 Å². The van der Waals surface area contributed by atoms with Crippen molar-refractivity contribution in [2.24, 2.45) is 0 Å². The zero-order chi connectivity index (χ0) is 16.2. The molecule has 1 aromatic heterocycles. The van der Waals surface area contributed by atoms with Crippen LogP contribution in [0, 0.1) is 0 Å². The van der Waals surface area contributed by atoms with Crippen molar-refractivity contribution in [3.8, 4) is 0 Å². The average Bonchev–Trinajstić information content (AvgIpc) is 3.16. The van der Waals surface area contributed by atoms with E-state index < -0.39 is 0 Å². The standard InChI is InChI=1S/C21H23N3/c1-2-8-17(9-3-1)21(22-15-18-13-14-23-24-18)20-12-6-10-16-7-4-5-11-19(16)20/h1-5,7-9,11,13-14,20-22H,6,10,12,15H2,(H,23,24)/t20-,21+/m0/s1. The summed E-state index contributed by atoms with van der Waals surface area (Å²) in [7, 11) is 0. The van der Waals surface area contributed by atoms with E-state index in [0.29, 0.717) is 12.0 Å². The van der Waals surface area contributed by atoms with E-state index in [4.69, 9.17) is 0 Å². The first-order valence-electron chi connectivity index (χ1n) is 8.76. The zero-order valence-corrected chi connectivity index (χ0v) is 13.8. The fourth-order valence-corrected chi connectivity index (χ4v) is 3.89. The highest BCUT2D eigenvalue weighted by Gasteiger charge is 2.28. The van der Waals surface area contributed by atoms with Crippen LogP contribution < -0.4 is 5.32 Å². The van der Waals surface area contributed by atoms with E-state index >= 15 is 0 Å². The maximum Gasteiger partial charge on any atom is 0.0490 e. The van der Waals surface area contributed by atoms with Gasteiger partial charge in [0, 0.05) is 30.4 Å². The summed E-state index contributed by atoms with van der Waals surface area (Å²) in [5.41, 5.74) is 5.51. The van der Waals surface area contributed by atoms with Crippen LogP contribution in [-0.2, 0) is 13.0 Å². The van der Waals surface area contributed by atoms with Crippen LogP contribution in [0.3, 0.4) is 0 Å². The average molecular weight is 317 g/mol. The molecule has 122 valence electrons. The smallest absolute Gasteiger partial charge is 0.0490 e. The van der Waals surface area contributed by atoms with Gasteiger partial charge in [-0.05, 0) is 42.0 Å². The van der Waals surface area contributed by atoms with Gasteiger partial charge in [0.25, 0.3) is 0 Å². The van der Waals surface area contributed by atoms with E-state index in [0.717, 1.165) is 12.2 Å². The minimum Gasteiger partial charge on any atom is -0.304 e. The van der Waals surface area contributed by atoms with Gasteiger partial charge in [0.05, 0.1) is 0 Å². The second-order valence-electron chi connectivity index (χ2n) is 6.55. The molecule has 2 atom stereocenters. The number of rotatable bonds is 5. The highest BCUT2D eigenvalue weighted by atomic mass is 15.1. The molecule has 3 nitrogen and oxygen atoms in total. The van der Waals surface area contributed by atoms with Gasteiger partial charge in [0.1, 0.15) is 0 Å². The van der Waals surface area contributed by atoms with Crippen LogP contribution >= 0.6 is 0 Å². The number of aromatic amines is 1. The van der Waals surface area contributed by atoms with Gasteiger partial charge in [-0.2, -0.15) is 5.10 Å². The number of aromatic nitrogens is 2. The predicted molar refractivity (Wildman–Crippen MR) is 96.7 cm³/mol. The van der Waals surface area contributed by atoms with Crippen molar-refractivity contribution in [3.63, 3.8) is 0 Å². The van der Waals surface area contributed by atoms with Crippen molar-refractivity contribution in [2.75, 3.05) is 0 Å². The molecule has 0 saturated heterocycles. The van der Waals surface area contributed by atoms with Crippen LogP contribution in [0.25, 0.3) is 0 Å². The quantitative estimate of drug-likeness (QED) is 0.734. The van der Waals surface area contributed by atoms with Gasteiger partial charge in [0.2, 0.25) is 0 Å². The lowest BCUT2D eigenvalue weighted by Gasteiger charge is -2.33. The predicted octanol–water partition coefficient (Wildman–Crippen LogP) is 4.36. The van der Waals surface area contributed by atoms with Crippen molar-refractivity contribution in [3.05, 3.63) is 89.2 Å². The molecule has 1 aliphatic rings. The Bertz CT molecular complexity index is 765. The molecule has 0 unspecified atom stereocenters. The van der Waals surface area contributed by atoms with E-state index in [1.807, 2.05) is 12.3 Å². The van der Waals surface area contributed by atoms with Crippen molar-refractivity contribution in [1.29, 1.82) is 0 Å². The molecular weight excluding hydrogens is 294 g/mol. The second kappa shape index (κ2) is 7.02. The summed E-state index contributed by atoms with van der Waals surface area (Å²) in [5.74, 6) is 0.514. The molecule has 1 aliphatic carbocycles. The summed E-state index contributed by atoms with van der Waals surface area (Å²) in [6.07, 6.45) is 5.50. The molecule has 0 bridgehead atoms. The van der Waals surface area contributed by atoms with Crippen LogP contribution in [0.4, 0.5) is 0 Å². The van der Waals surface area contributed by atoms with Crippen molar-refractivity contribution in [2.45, 2.75) is 37.8 Å². The van der Waals surface area contributed by atoms with Crippen molar-refractivity contribution >= 4 is 0 Å². The van der Waals surface area contributed by atoms with Gasteiger partial charge in [-0.3, -0.25) is 5.10 Å². The van der Waals surface area contributed by atoms with Gasteiger partial charge in [-0.1, -0.05) is 54.6 Å². The van der Waals surface area contributed by atoms with Crippen LogP contribution in [0.5, 0.6) is 0 Å². The summed E-state index contributed by atoms with van der Waals surface area (Å²) in [6, 6.07) is 22.1. The largest absolute Gasteiger partial charge is 0.304 e. The number of hydrogen-bond acceptors (Lipinski definition) is 2. The zero-order valence-electron chi connectivity index (χ0n) is 13.8. The van der Waals surface area contributed by atoms with Gasteiger partial charge >= 0.3 is 0 Å². The SMILES string of the molecule is c1ccc([C@@H](NCc2ccn[nH]2)[C@H]2CCCc3ccccc32)cc1. The van der Waals surface area contributed by atoms with Gasteiger partial charge < -0.3 is 5.32 Å². The number of fused-ring (bicyclic) bond motifs is 1. The first-order chi connectivity index (χ1) is 11.9. The van der Waals surface area contributed by atoms with Gasteiger partial charge in [0.15, 0.2) is 0 Å². The highest BCUT2D eigenvalue weighted by molar-refractivity contribution is 5.36. The van der Waals surface area contributed by atoms with E-state index in [1.54, 1.807) is 0 Å². The first kappa shape index (κ1) is 15.2. The van der Waals surface area contributed by atoms with Crippen molar-refractivity contribution in [1.82, 2.24) is 15.5 Å². The third kappa shape index (κ3) is 3.13. The fraction of sp³-hybridized carbons (Fsp3) is 0.286. The molecule has 0 saturated carbocycles. The molecule has 3 heteroatoms.